The average molecular weight is 1260 g/mol. The van der Waals surface area contributed by atoms with Crippen LogP contribution < -0.4 is 18.3 Å². The highest BCUT2D eigenvalue weighted by Crippen LogP contribution is 2.34. The summed E-state index contributed by atoms with van der Waals surface area (Å²) < 4.78 is 90.2. The van der Waals surface area contributed by atoms with Gasteiger partial charge in [0.25, 0.3) is 0 Å². The highest BCUT2D eigenvalue weighted by atomic mass is 15.0. The predicted octanol–water partition coefficient (Wildman–Crippen LogP) is 16.8. The Bertz CT molecular complexity index is 6040. The van der Waals surface area contributed by atoms with Gasteiger partial charge >= 0.3 is 0 Å². The van der Waals surface area contributed by atoms with Gasteiger partial charge in [-0.05, 0) is 209 Å². The Morgan fingerprint density at radius 2 is 0.874 bits per heavy atom. The van der Waals surface area contributed by atoms with Gasteiger partial charge in [0.2, 0.25) is 22.8 Å². The first-order valence-corrected chi connectivity index (χ1v) is 32.1. The van der Waals surface area contributed by atoms with Crippen LogP contribution in [0.4, 0.5) is 0 Å². The van der Waals surface area contributed by atoms with Crippen molar-refractivity contribution in [3.05, 3.63) is 263 Å². The Labute approximate surface area is 569 Å². The predicted molar refractivity (Wildman–Crippen MR) is 388 cm³/mol. The van der Waals surface area contributed by atoms with Gasteiger partial charge in [0.15, 0.2) is 24.8 Å². The molecule has 12 aromatic heterocycles. The molecule has 0 bridgehead atoms. The third kappa shape index (κ3) is 12.2. The number of aromatic nitrogens is 12. The van der Waals surface area contributed by atoms with Crippen molar-refractivity contribution >= 4 is 66.7 Å². The highest BCUT2D eigenvalue weighted by molar-refractivity contribution is 5.91. The van der Waals surface area contributed by atoms with Crippen molar-refractivity contribution in [2.45, 2.75) is 95.2 Å². The maximum absolute atomic E-state index is 8.82. The highest BCUT2D eigenvalue weighted by Gasteiger charge is 2.24. The van der Waals surface area contributed by atoms with Crippen molar-refractivity contribution in [1.29, 1.82) is 0 Å². The molecular weight excluding hydrogens is 1160 g/mol. The molecule has 0 aliphatic carbocycles. The van der Waals surface area contributed by atoms with Gasteiger partial charge in [0.05, 0.1) is 66.4 Å². The van der Waals surface area contributed by atoms with Gasteiger partial charge in [0, 0.05) is 84.1 Å². The van der Waals surface area contributed by atoms with Crippen LogP contribution in [0, 0.1) is 53.7 Å². The normalized spacial score (nSPS) is 13.6. The molecule has 0 N–H and O–H groups in total. The van der Waals surface area contributed by atoms with Crippen molar-refractivity contribution in [2.75, 3.05) is 0 Å². The van der Waals surface area contributed by atoms with Crippen molar-refractivity contribution in [3.63, 3.8) is 0 Å². The minimum Gasteiger partial charge on any atom is -0.300 e. The molecule has 0 unspecified atom stereocenters. The SMILES string of the molecule is Cc1c(-c2cccc[n+]2C)ccc2c1nc1ccccn12.Cc1ccc(-c2ccc3c(nc4ccccn43)c2C)[n+](C)c1.[2H]C([2H])([2H])c1c[n+](C)c(-c2cc3nc4ccccn4c3cc2C)cc1C([2H])(C)C.[2H]C([2H])([2H])c1c[n+](C)c(-c2cc3nc4ccccn4c3cc2C)cc1C([2H])([2H])C(C)(C)C. The van der Waals surface area contributed by atoms with Crippen LogP contribution in [-0.2, 0) is 34.6 Å². The number of hydrogen-bond donors (Lipinski definition) is 0. The summed E-state index contributed by atoms with van der Waals surface area (Å²) in [4.78, 5) is 19.0. The summed E-state index contributed by atoms with van der Waals surface area (Å²) in [6, 6.07) is 55.1. The number of rotatable bonds is 6. The number of aryl methyl sites for hydroxylation is 11. The van der Waals surface area contributed by atoms with Gasteiger partial charge in [-0.25, -0.2) is 38.2 Å². The molecule has 0 radical (unpaired) electrons. The van der Waals surface area contributed by atoms with Crippen LogP contribution in [0.15, 0.2) is 213 Å². The Hall–Kier alpha value is -10.7. The third-order valence-electron chi connectivity index (χ3n) is 17.8. The summed E-state index contributed by atoms with van der Waals surface area (Å²) >= 11 is 0. The number of nitrogens with zero attached hydrogens (tertiary/aromatic N) is 12. The number of imidazole rings is 4. The molecule has 0 atom stereocenters. The Morgan fingerprint density at radius 1 is 0.432 bits per heavy atom. The third-order valence-corrected chi connectivity index (χ3v) is 17.8. The van der Waals surface area contributed by atoms with Gasteiger partial charge in [0.1, 0.15) is 50.8 Å². The molecule has 0 saturated heterocycles. The summed E-state index contributed by atoms with van der Waals surface area (Å²) in [6.07, 6.45) is 13.7. The maximum atomic E-state index is 8.82. The number of benzene rings is 4. The van der Waals surface area contributed by atoms with E-state index in [0.29, 0.717) is 5.56 Å². The van der Waals surface area contributed by atoms with Crippen molar-refractivity contribution in [1.82, 2.24) is 37.5 Å². The van der Waals surface area contributed by atoms with E-state index in [1.807, 2.05) is 139 Å². The zero-order chi connectivity index (χ0) is 74.4. The maximum Gasteiger partial charge on any atom is 0.212 e. The molecular formula is C83H86N12+4. The minimum atomic E-state index is -2.43. The van der Waals surface area contributed by atoms with Crippen LogP contribution in [0.3, 0.4) is 0 Å². The summed E-state index contributed by atoms with van der Waals surface area (Å²) in [6.45, 7) is 14.6. The minimum absolute atomic E-state index is 0.0372. The molecule has 95 heavy (non-hydrogen) atoms. The molecule has 16 aromatic rings. The molecule has 12 heterocycles. The molecule has 16 rings (SSSR count). The average Bonchev–Trinajstić information content (AvgIpc) is 0.979. The van der Waals surface area contributed by atoms with Crippen LogP contribution >= 0.6 is 0 Å². The van der Waals surface area contributed by atoms with E-state index in [2.05, 4.69) is 143 Å². The van der Waals surface area contributed by atoms with E-state index in [1.165, 1.54) is 39.2 Å². The fourth-order valence-corrected chi connectivity index (χ4v) is 13.1. The lowest BCUT2D eigenvalue weighted by Gasteiger charge is -2.19. The van der Waals surface area contributed by atoms with Crippen LogP contribution in [-0.4, -0.2) is 37.5 Å². The Morgan fingerprint density at radius 3 is 1.34 bits per heavy atom. The lowest BCUT2D eigenvalue weighted by molar-refractivity contribution is -0.660. The Kier molecular flexibility index (Phi) is 14.0. The molecule has 0 fully saturated rings. The van der Waals surface area contributed by atoms with E-state index in [4.69, 9.17) is 32.3 Å². The smallest absolute Gasteiger partial charge is 0.212 e. The molecule has 0 saturated carbocycles. The molecule has 12 heteroatoms. The van der Waals surface area contributed by atoms with Crippen LogP contribution in [0.5, 0.6) is 0 Å². The van der Waals surface area contributed by atoms with Gasteiger partial charge in [-0.15, -0.1) is 0 Å². The van der Waals surface area contributed by atoms with Crippen LogP contribution in [0.25, 0.3) is 112 Å². The standard InChI is InChI=1S/C24H28N3.C22H24N3.C19H18N3.C18H16N3/c1-16-11-22-20(25-23-9-7-8-10-27(22)23)13-19(16)21-12-18(14-24(3,4)5)17(2)15-26(21)6;1-14(2)17-12-20(24(5)13-16(17)4)18-11-19-21(10-15(18)3)25-9-7-6-8-22(25)23-19;1-13-7-9-16(21(3)12-13)15-8-10-17-19(14(15)2)20-18-6-4-5-11-22(17)18;1-13-14(15-7-3-5-11-20(15)2)9-10-16-18(13)19-17-8-4-6-12-21(16)17/h7-13,15H,14H2,1-6H3;6-14H,1-5H3;4-12H,1-3H3;3-12H,1-2H3/q4*+1/i2D3,14D2;4D3,14D;;. The quantitative estimate of drug-likeness (QED) is 0.155. The Balaban J connectivity index is 0.000000125. The zero-order valence-corrected chi connectivity index (χ0v) is 56.6. The second-order valence-electron chi connectivity index (χ2n) is 26.2. The fourth-order valence-electron chi connectivity index (χ4n) is 13.1. The topological polar surface area (TPSA) is 84.7 Å². The van der Waals surface area contributed by atoms with E-state index >= 15 is 0 Å². The first-order chi connectivity index (χ1) is 49.1. The molecule has 474 valence electrons. The second kappa shape index (κ2) is 25.3. The molecule has 0 aliphatic heterocycles. The van der Waals surface area contributed by atoms with Crippen LogP contribution in [0.1, 0.15) is 103 Å². The summed E-state index contributed by atoms with van der Waals surface area (Å²) in [7, 11) is 7.81. The summed E-state index contributed by atoms with van der Waals surface area (Å²) in [5, 5.41) is 0. The second-order valence-corrected chi connectivity index (χ2v) is 26.2. The number of hydrogen-bond acceptors (Lipinski definition) is 4. The largest absolute Gasteiger partial charge is 0.300 e. The fraction of sp³-hybridized carbons (Fsp3) is 0.229. The van der Waals surface area contributed by atoms with Gasteiger partial charge in [-0.3, -0.25) is 17.6 Å². The van der Waals surface area contributed by atoms with Gasteiger partial charge < -0.3 is 0 Å². The molecule has 12 nitrogen and oxygen atoms in total. The van der Waals surface area contributed by atoms with E-state index < -0.39 is 31.4 Å². The lowest BCUT2D eigenvalue weighted by Crippen LogP contribution is -2.32. The first-order valence-electron chi connectivity index (χ1n) is 36.6. The lowest BCUT2D eigenvalue weighted by atomic mass is 9.86. The summed E-state index contributed by atoms with van der Waals surface area (Å²) in [5.41, 5.74) is 26.2. The zero-order valence-electron chi connectivity index (χ0n) is 65.6. The van der Waals surface area contributed by atoms with E-state index in [9.17, 15) is 0 Å². The van der Waals surface area contributed by atoms with Crippen molar-refractivity contribution in [2.24, 2.45) is 33.6 Å². The molecule has 0 spiro atoms. The summed E-state index contributed by atoms with van der Waals surface area (Å²) in [5.74, 6) is -1.03. The van der Waals surface area contributed by atoms with E-state index in [0.717, 1.165) is 100 Å². The molecule has 4 aromatic carbocycles. The molecule has 0 amide bonds. The number of fused-ring (bicyclic) bond motifs is 12. The van der Waals surface area contributed by atoms with E-state index in [-0.39, 0.29) is 16.7 Å². The van der Waals surface area contributed by atoms with Crippen molar-refractivity contribution < 1.29 is 30.6 Å². The molecule has 0 aliphatic rings. The van der Waals surface area contributed by atoms with Crippen molar-refractivity contribution in [3.8, 4) is 45.0 Å². The number of pyridine rings is 8. The van der Waals surface area contributed by atoms with Crippen LogP contribution in [0.2, 0.25) is 0 Å². The van der Waals surface area contributed by atoms with Gasteiger partial charge in [-0.2, -0.15) is 0 Å². The van der Waals surface area contributed by atoms with E-state index in [1.54, 1.807) is 64.7 Å². The first kappa shape index (κ1) is 52.7. The van der Waals surface area contributed by atoms with Gasteiger partial charge in [-0.1, -0.05) is 58.9 Å². The monoisotopic (exact) mass is 1260 g/mol.